The van der Waals surface area contributed by atoms with Gasteiger partial charge in [-0.2, -0.15) is 8.42 Å². The maximum absolute atomic E-state index is 10.6. The van der Waals surface area contributed by atoms with Gasteiger partial charge in [0.25, 0.3) is 0 Å². The van der Waals surface area contributed by atoms with Gasteiger partial charge in [-0.05, 0) is 44.0 Å². The van der Waals surface area contributed by atoms with Gasteiger partial charge in [-0.25, -0.2) is 0 Å². The summed E-state index contributed by atoms with van der Waals surface area (Å²) in [7, 11) is -5.46. The number of hydrogen-bond acceptors (Lipinski definition) is 3. The molecule has 0 saturated carbocycles. The summed E-state index contributed by atoms with van der Waals surface area (Å²) in [6.45, 7) is 9.20. The molecule has 1 aromatic rings. The number of halogens is 2. The summed E-state index contributed by atoms with van der Waals surface area (Å²) in [5.74, 6) is 0. The Hall–Kier alpha value is -0.773. The average molecular weight is 301 g/mol. The molecule has 2 N–H and O–H groups in total. The first-order valence-electron chi connectivity index (χ1n) is 5.07. The largest absolute Gasteiger partial charge is 0.417 e. The lowest BCUT2D eigenvalue weighted by Crippen LogP contribution is -2.05. The van der Waals surface area contributed by atoms with Gasteiger partial charge in [-0.15, -0.1) is 4.48 Å². The van der Waals surface area contributed by atoms with Crippen molar-refractivity contribution in [3.63, 3.8) is 0 Å². The number of aromatic nitrogens is 1. The monoisotopic (exact) mass is 301 g/mol. The standard InChI is InChI=1S/C5H7N.C4H11OSi.F2HNO2S/c1-5-3-2-4-6-5;1-4-5-6(2)3;1-3-6(2,4)5/h2-4,6H,1H3;4H2,1-3H3;3H. The summed E-state index contributed by atoms with van der Waals surface area (Å²) in [6, 6.07) is 4.01. The van der Waals surface area contributed by atoms with E-state index in [0.717, 1.165) is 6.61 Å². The van der Waals surface area contributed by atoms with Gasteiger partial charge in [-0.3, -0.25) is 0 Å². The number of aromatic amines is 1. The highest BCUT2D eigenvalue weighted by molar-refractivity contribution is 7.84. The van der Waals surface area contributed by atoms with Crippen LogP contribution in [0.15, 0.2) is 18.3 Å². The number of aryl methyl sites for hydroxylation is 1. The van der Waals surface area contributed by atoms with E-state index in [0.29, 0.717) is 0 Å². The molecule has 1 radical (unpaired) electrons. The Bertz CT molecular complexity index is 371. The number of hydrogen-bond donors (Lipinski definition) is 2. The second kappa shape index (κ2) is 11.3. The smallest absolute Gasteiger partial charge is 0.398 e. The van der Waals surface area contributed by atoms with Gasteiger partial charge < -0.3 is 9.41 Å². The molecule has 0 atom stereocenters. The summed E-state index contributed by atoms with van der Waals surface area (Å²) < 4.78 is 43.7. The first-order chi connectivity index (χ1) is 8.22. The molecule has 0 spiro atoms. The molecule has 0 bridgehead atoms. The zero-order valence-corrected chi connectivity index (χ0v) is 12.6. The summed E-state index contributed by atoms with van der Waals surface area (Å²) in [5, 5.41) is 0. The van der Waals surface area contributed by atoms with Crippen molar-refractivity contribution in [3.05, 3.63) is 24.0 Å². The van der Waals surface area contributed by atoms with E-state index in [1.54, 1.807) is 0 Å². The number of rotatable bonds is 3. The van der Waals surface area contributed by atoms with Gasteiger partial charge in [0.2, 0.25) is 9.04 Å². The van der Waals surface area contributed by atoms with Gasteiger partial charge in [0.15, 0.2) is 0 Å². The molecule has 107 valence electrons. The van der Waals surface area contributed by atoms with Crippen LogP contribution in [0.25, 0.3) is 0 Å². The highest BCUT2D eigenvalue weighted by atomic mass is 32.3. The van der Waals surface area contributed by atoms with E-state index in [4.69, 9.17) is 12.8 Å². The van der Waals surface area contributed by atoms with Crippen LogP contribution in [0.3, 0.4) is 0 Å². The van der Waals surface area contributed by atoms with Gasteiger partial charge in [0, 0.05) is 18.5 Å². The van der Waals surface area contributed by atoms with Crippen LogP contribution >= 0.6 is 0 Å². The number of H-pyrrole nitrogens is 1. The fraction of sp³-hybridized carbons (Fsp3) is 0.556. The van der Waals surface area contributed by atoms with E-state index in [1.165, 1.54) is 5.69 Å². The SMILES string of the molecule is CCO[Si](C)C.Cc1ccc[nH]1.O=S(=O)(F)NF. The fourth-order valence-corrected chi connectivity index (χ4v) is 1.29. The van der Waals surface area contributed by atoms with E-state index in [-0.39, 0.29) is 14.0 Å². The summed E-state index contributed by atoms with van der Waals surface area (Å²) in [4.78, 5) is 2.91. The average Bonchev–Trinajstić information content (AvgIpc) is 2.70. The van der Waals surface area contributed by atoms with Gasteiger partial charge in [0.05, 0.1) is 0 Å². The third kappa shape index (κ3) is 20.6. The topological polar surface area (TPSA) is 71.2 Å². The van der Waals surface area contributed by atoms with Crippen molar-refractivity contribution in [2.75, 3.05) is 6.61 Å². The molecule has 0 aliphatic heterocycles. The van der Waals surface area contributed by atoms with E-state index in [1.807, 2.05) is 32.2 Å². The lowest BCUT2D eigenvalue weighted by Gasteiger charge is -1.97. The van der Waals surface area contributed by atoms with Crippen LogP contribution in [0.1, 0.15) is 12.6 Å². The minimum absolute atomic E-state index is 0.0903. The Labute approximate surface area is 109 Å². The maximum Gasteiger partial charge on any atom is 0.398 e. The number of nitrogens with one attached hydrogen (secondary N) is 2. The van der Waals surface area contributed by atoms with Crippen molar-refractivity contribution in [1.82, 2.24) is 9.93 Å². The highest BCUT2D eigenvalue weighted by Gasteiger charge is 1.99. The Balaban J connectivity index is 0. The zero-order chi connectivity index (χ0) is 14.6. The van der Waals surface area contributed by atoms with Crippen LogP contribution < -0.4 is 4.94 Å². The van der Waals surface area contributed by atoms with Crippen LogP contribution in [0, 0.1) is 6.92 Å². The molecular formula is C9H19F2N2O3SSi. The van der Waals surface area contributed by atoms with Gasteiger partial charge in [0.1, 0.15) is 0 Å². The minimum atomic E-state index is -5.08. The molecule has 18 heavy (non-hydrogen) atoms. The molecular weight excluding hydrogens is 282 g/mol. The van der Waals surface area contributed by atoms with E-state index < -0.39 is 10.4 Å². The molecule has 0 unspecified atom stereocenters. The molecule has 0 fully saturated rings. The van der Waals surface area contributed by atoms with Gasteiger partial charge in [-0.1, -0.05) is 3.89 Å². The van der Waals surface area contributed by atoms with Crippen LogP contribution in [-0.2, 0) is 14.8 Å². The molecule has 1 heterocycles. The van der Waals surface area contributed by atoms with Crippen molar-refractivity contribution >= 4 is 19.4 Å². The van der Waals surface area contributed by atoms with Crippen LogP contribution in [0.5, 0.6) is 0 Å². The highest BCUT2D eigenvalue weighted by Crippen LogP contribution is 1.86. The third-order valence-corrected chi connectivity index (χ3v) is 2.33. The van der Waals surface area contributed by atoms with Crippen LogP contribution in [0.2, 0.25) is 13.1 Å². The molecule has 0 amide bonds. The van der Waals surface area contributed by atoms with E-state index >= 15 is 0 Å². The first kappa shape index (κ1) is 19.6. The maximum atomic E-state index is 10.6. The minimum Gasteiger partial charge on any atom is -0.417 e. The molecule has 1 aromatic heterocycles. The Kier molecular flexibility index (Phi) is 12.3. The van der Waals surface area contributed by atoms with Crippen molar-refractivity contribution in [2.45, 2.75) is 26.9 Å². The predicted molar refractivity (Wildman–Crippen MR) is 68.9 cm³/mol. The second-order valence-corrected chi connectivity index (χ2v) is 6.34. The normalized spacial score (nSPS) is 10.2. The molecule has 5 nitrogen and oxygen atoms in total. The van der Waals surface area contributed by atoms with Crippen molar-refractivity contribution in [1.29, 1.82) is 0 Å². The van der Waals surface area contributed by atoms with E-state index in [2.05, 4.69) is 18.1 Å². The summed E-state index contributed by atoms with van der Waals surface area (Å²) in [6.07, 6.45) is 1.91. The third-order valence-electron chi connectivity index (χ3n) is 1.28. The first-order valence-corrected chi connectivity index (χ1v) is 8.87. The van der Waals surface area contributed by atoms with E-state index in [9.17, 15) is 8.37 Å². The molecule has 0 aliphatic rings. The summed E-state index contributed by atoms with van der Waals surface area (Å²) in [5.41, 5.74) is 1.22. The van der Waals surface area contributed by atoms with Crippen LogP contribution in [0.4, 0.5) is 8.37 Å². The molecule has 1 rings (SSSR count). The van der Waals surface area contributed by atoms with Crippen molar-refractivity contribution in [2.24, 2.45) is 0 Å². The second-order valence-electron chi connectivity index (χ2n) is 3.21. The lowest BCUT2D eigenvalue weighted by atomic mass is 10.5. The Morgan fingerprint density at radius 3 is 2.06 bits per heavy atom. The van der Waals surface area contributed by atoms with Crippen molar-refractivity contribution < 1.29 is 21.2 Å². The fourth-order valence-electron chi connectivity index (χ4n) is 0.709. The molecule has 0 aliphatic carbocycles. The molecule has 0 saturated heterocycles. The molecule has 9 heteroatoms. The quantitative estimate of drug-likeness (QED) is 0.511. The lowest BCUT2D eigenvalue weighted by molar-refractivity contribution is 0.350. The van der Waals surface area contributed by atoms with Gasteiger partial charge >= 0.3 is 10.4 Å². The molecule has 0 aromatic carbocycles. The predicted octanol–water partition coefficient (Wildman–Crippen LogP) is 2.27. The van der Waals surface area contributed by atoms with Crippen molar-refractivity contribution in [3.8, 4) is 0 Å². The Morgan fingerprint density at radius 2 is 2.00 bits per heavy atom. The summed E-state index contributed by atoms with van der Waals surface area (Å²) >= 11 is 0. The van der Waals surface area contributed by atoms with Crippen LogP contribution in [-0.4, -0.2) is 29.0 Å². The Morgan fingerprint density at radius 1 is 1.50 bits per heavy atom. The zero-order valence-electron chi connectivity index (χ0n) is 10.8.